The van der Waals surface area contributed by atoms with Crippen molar-refractivity contribution >= 4 is 35.1 Å². The third-order valence-corrected chi connectivity index (χ3v) is 4.45. The van der Waals surface area contributed by atoms with Gasteiger partial charge in [0.15, 0.2) is 0 Å². The Labute approximate surface area is 145 Å². The number of aliphatic imine (C=N–C) groups is 1. The van der Waals surface area contributed by atoms with E-state index in [0.29, 0.717) is 16.7 Å². The number of halogens is 1. The molecule has 1 aromatic carbocycles. The number of carbonyl (C=O) groups excluding carboxylic acids is 2. The summed E-state index contributed by atoms with van der Waals surface area (Å²) in [5, 5.41) is 6.10. The molecule has 7 nitrogen and oxygen atoms in total. The summed E-state index contributed by atoms with van der Waals surface area (Å²) >= 11 is 5.92. The van der Waals surface area contributed by atoms with Gasteiger partial charge < -0.3 is 15.1 Å². The molecule has 1 fully saturated rings. The highest BCUT2D eigenvalue weighted by atomic mass is 35.5. The van der Waals surface area contributed by atoms with E-state index in [1.54, 1.807) is 24.3 Å². The minimum atomic E-state index is -0.722. The fourth-order valence-electron chi connectivity index (χ4n) is 2.78. The monoisotopic (exact) mass is 350 g/mol. The van der Waals surface area contributed by atoms with E-state index < -0.39 is 6.04 Å². The van der Waals surface area contributed by atoms with Crippen molar-refractivity contribution in [1.29, 1.82) is 0 Å². The van der Waals surface area contributed by atoms with Crippen LogP contribution in [0.2, 0.25) is 5.02 Å². The van der Waals surface area contributed by atoms with Crippen LogP contribution in [0, 0.1) is 0 Å². The second kappa shape index (κ2) is 7.19. The minimum Gasteiger partial charge on any atom is -0.334 e. The normalized spacial score (nSPS) is 21.9. The number of rotatable bonds is 2. The highest BCUT2D eigenvalue weighted by Gasteiger charge is 2.30. The molecule has 24 heavy (non-hydrogen) atoms. The van der Waals surface area contributed by atoms with E-state index in [2.05, 4.69) is 22.7 Å². The number of likely N-dealkylation sites (N-methyl/N-ethyl adjacent to an activating group) is 1. The molecule has 0 bridgehead atoms. The average Bonchev–Trinajstić information content (AvgIpc) is 2.55. The molecule has 0 aliphatic carbocycles. The van der Waals surface area contributed by atoms with E-state index in [9.17, 15) is 9.59 Å². The van der Waals surface area contributed by atoms with Crippen LogP contribution in [-0.2, 0) is 9.59 Å². The second-order valence-corrected chi connectivity index (χ2v) is 6.60. The molecule has 8 heteroatoms. The van der Waals surface area contributed by atoms with Gasteiger partial charge in [0.05, 0.1) is 39.6 Å². The standard InChI is InChI=1S/C16H20ClN5O2/c1-21-5-7-22(8-6-21)16-19-13(10-14(23)20-16)15(24)18-12-4-2-3-11(17)9-12/h2-4,9,13H,5-8,10H2,1H3,(H,18,24)(H,19,20,23)/p+1/t13-/m0/s1. The first-order chi connectivity index (χ1) is 11.5. The first-order valence-corrected chi connectivity index (χ1v) is 8.39. The van der Waals surface area contributed by atoms with Crippen LogP contribution in [0.1, 0.15) is 6.42 Å². The molecule has 0 unspecified atom stereocenters. The summed E-state index contributed by atoms with van der Waals surface area (Å²) in [5.74, 6) is 0.0203. The number of guanidine groups is 1. The minimum absolute atomic E-state index is 0.0505. The molecule has 2 aliphatic rings. The van der Waals surface area contributed by atoms with Gasteiger partial charge in [-0.1, -0.05) is 17.7 Å². The number of piperazine rings is 1. The highest BCUT2D eigenvalue weighted by molar-refractivity contribution is 6.30. The highest BCUT2D eigenvalue weighted by Crippen LogP contribution is 2.16. The number of nitrogens with zero attached hydrogens (tertiary/aromatic N) is 2. The fourth-order valence-corrected chi connectivity index (χ4v) is 2.97. The van der Waals surface area contributed by atoms with Gasteiger partial charge in [-0.15, -0.1) is 0 Å². The molecule has 1 saturated heterocycles. The molecule has 128 valence electrons. The summed E-state index contributed by atoms with van der Waals surface area (Å²) < 4.78 is 0. The third-order valence-electron chi connectivity index (χ3n) is 4.22. The van der Waals surface area contributed by atoms with Crippen molar-refractivity contribution in [2.75, 3.05) is 38.5 Å². The molecular formula is C16H21ClN5O2+. The SMILES string of the molecule is C[NH+]1CCN(C2=N[C@H](C(=O)Nc3cccc(Cl)c3)CC(=O)N2)CC1. The predicted octanol–water partition coefficient (Wildman–Crippen LogP) is -0.647. The topological polar surface area (TPSA) is 78.2 Å². The quantitative estimate of drug-likeness (QED) is 0.663. The van der Waals surface area contributed by atoms with Crippen LogP contribution in [0.15, 0.2) is 29.3 Å². The summed E-state index contributed by atoms with van der Waals surface area (Å²) in [7, 11) is 2.14. The largest absolute Gasteiger partial charge is 0.334 e. The number of hydrogen-bond donors (Lipinski definition) is 3. The first-order valence-electron chi connectivity index (χ1n) is 8.01. The summed E-state index contributed by atoms with van der Waals surface area (Å²) in [6.07, 6.45) is 0.0505. The van der Waals surface area contributed by atoms with Crippen molar-refractivity contribution in [2.24, 2.45) is 4.99 Å². The second-order valence-electron chi connectivity index (χ2n) is 6.16. The summed E-state index contributed by atoms with van der Waals surface area (Å²) in [5.41, 5.74) is 0.596. The van der Waals surface area contributed by atoms with Crippen molar-refractivity contribution in [3.05, 3.63) is 29.3 Å². The van der Waals surface area contributed by atoms with Gasteiger partial charge in [-0.2, -0.15) is 0 Å². The lowest BCUT2D eigenvalue weighted by Gasteiger charge is -2.34. The summed E-state index contributed by atoms with van der Waals surface area (Å²) in [6, 6.07) is 6.18. The zero-order valence-electron chi connectivity index (χ0n) is 13.5. The smallest absolute Gasteiger partial charge is 0.249 e. The molecule has 2 amide bonds. The van der Waals surface area contributed by atoms with E-state index >= 15 is 0 Å². The number of nitrogens with one attached hydrogen (secondary N) is 3. The maximum atomic E-state index is 12.4. The van der Waals surface area contributed by atoms with Gasteiger partial charge >= 0.3 is 0 Å². The van der Waals surface area contributed by atoms with Gasteiger partial charge in [0.25, 0.3) is 0 Å². The molecule has 0 aromatic heterocycles. The number of benzene rings is 1. The van der Waals surface area contributed by atoms with Crippen molar-refractivity contribution in [1.82, 2.24) is 10.2 Å². The van der Waals surface area contributed by atoms with Crippen molar-refractivity contribution in [2.45, 2.75) is 12.5 Å². The van der Waals surface area contributed by atoms with E-state index in [0.717, 1.165) is 26.2 Å². The predicted molar refractivity (Wildman–Crippen MR) is 92.3 cm³/mol. The zero-order chi connectivity index (χ0) is 17.1. The zero-order valence-corrected chi connectivity index (χ0v) is 14.3. The van der Waals surface area contributed by atoms with Crippen LogP contribution < -0.4 is 15.5 Å². The fraction of sp³-hybridized carbons (Fsp3) is 0.438. The Bertz CT molecular complexity index is 670. The van der Waals surface area contributed by atoms with Gasteiger partial charge in [-0.3, -0.25) is 14.9 Å². The molecule has 0 spiro atoms. The van der Waals surface area contributed by atoms with Crippen LogP contribution in [-0.4, -0.2) is 61.9 Å². The number of anilines is 1. The van der Waals surface area contributed by atoms with Crippen molar-refractivity contribution < 1.29 is 14.5 Å². The summed E-state index contributed by atoms with van der Waals surface area (Å²) in [6.45, 7) is 3.59. The summed E-state index contributed by atoms with van der Waals surface area (Å²) in [4.78, 5) is 32.4. The molecular weight excluding hydrogens is 330 g/mol. The molecule has 2 heterocycles. The first kappa shape index (κ1) is 16.7. The number of amides is 2. The van der Waals surface area contributed by atoms with E-state index in [1.165, 1.54) is 4.90 Å². The van der Waals surface area contributed by atoms with E-state index in [4.69, 9.17) is 11.6 Å². The number of hydrogen-bond acceptors (Lipinski definition) is 4. The Morgan fingerprint density at radius 2 is 2.17 bits per heavy atom. The molecule has 3 rings (SSSR count). The van der Waals surface area contributed by atoms with Gasteiger partial charge in [0.2, 0.25) is 17.8 Å². The molecule has 0 radical (unpaired) electrons. The van der Waals surface area contributed by atoms with Gasteiger partial charge in [0, 0.05) is 10.7 Å². The lowest BCUT2D eigenvalue weighted by atomic mass is 10.1. The van der Waals surface area contributed by atoms with Crippen molar-refractivity contribution in [3.8, 4) is 0 Å². The molecule has 2 aliphatic heterocycles. The average molecular weight is 351 g/mol. The van der Waals surface area contributed by atoms with Gasteiger partial charge in [-0.25, -0.2) is 4.99 Å². The Morgan fingerprint density at radius 1 is 1.42 bits per heavy atom. The molecule has 0 saturated carbocycles. The van der Waals surface area contributed by atoms with Crippen LogP contribution in [0.3, 0.4) is 0 Å². The van der Waals surface area contributed by atoms with Gasteiger partial charge in [-0.05, 0) is 18.2 Å². The van der Waals surface area contributed by atoms with Crippen molar-refractivity contribution in [3.63, 3.8) is 0 Å². The Hall–Kier alpha value is -2.12. The molecule has 1 aromatic rings. The third kappa shape index (κ3) is 4.04. The Morgan fingerprint density at radius 3 is 2.88 bits per heavy atom. The lowest BCUT2D eigenvalue weighted by Crippen LogP contribution is -3.12. The molecule has 1 atom stereocenters. The maximum absolute atomic E-state index is 12.4. The lowest BCUT2D eigenvalue weighted by molar-refractivity contribution is -0.883. The van der Waals surface area contributed by atoms with Crippen LogP contribution in [0.5, 0.6) is 0 Å². The van der Waals surface area contributed by atoms with E-state index in [-0.39, 0.29) is 18.2 Å². The van der Waals surface area contributed by atoms with Crippen LogP contribution in [0.25, 0.3) is 0 Å². The number of carbonyl (C=O) groups is 2. The Balaban J connectivity index is 1.70. The van der Waals surface area contributed by atoms with E-state index in [1.807, 2.05) is 4.90 Å². The van der Waals surface area contributed by atoms with Gasteiger partial charge in [0.1, 0.15) is 6.04 Å². The Kier molecular flexibility index (Phi) is 5.01. The maximum Gasteiger partial charge on any atom is 0.249 e. The number of quaternary nitrogens is 1. The van der Waals surface area contributed by atoms with Crippen LogP contribution in [0.4, 0.5) is 5.69 Å². The molecule has 3 N–H and O–H groups in total. The van der Waals surface area contributed by atoms with Crippen LogP contribution >= 0.6 is 11.6 Å².